The van der Waals surface area contributed by atoms with Crippen LogP contribution in [-0.2, 0) is 0 Å². The average Bonchev–Trinajstić information content (AvgIpc) is 2.55. The van der Waals surface area contributed by atoms with Gasteiger partial charge in [0, 0.05) is 0 Å². The zero-order valence-electron chi connectivity index (χ0n) is 14.4. The van der Waals surface area contributed by atoms with Crippen LogP contribution >= 0.6 is 0 Å². The fraction of sp³-hybridized carbons (Fsp3) is 0.316. The van der Waals surface area contributed by atoms with Crippen LogP contribution in [0.5, 0.6) is 17.2 Å². The van der Waals surface area contributed by atoms with Crippen molar-refractivity contribution in [2.24, 2.45) is 0 Å². The molecule has 0 amide bonds. The van der Waals surface area contributed by atoms with Gasteiger partial charge in [-0.25, -0.2) is 4.79 Å². The molecule has 0 aliphatic carbocycles. The average molecular weight is 330 g/mol. The molecule has 0 aromatic heterocycles. The highest BCUT2D eigenvalue weighted by molar-refractivity contribution is 5.92. The number of hydrogen-bond donors (Lipinski definition) is 1. The highest BCUT2D eigenvalue weighted by Crippen LogP contribution is 2.31. The van der Waals surface area contributed by atoms with Gasteiger partial charge in [0.25, 0.3) is 0 Å². The number of benzene rings is 2. The van der Waals surface area contributed by atoms with Gasteiger partial charge in [-0.15, -0.1) is 0 Å². The normalized spacial score (nSPS) is 10.3. The number of aromatic carboxylic acids is 1. The van der Waals surface area contributed by atoms with Crippen LogP contribution in [0.4, 0.5) is 0 Å². The molecule has 5 nitrogen and oxygen atoms in total. The molecule has 0 aliphatic heterocycles. The second-order valence-electron chi connectivity index (χ2n) is 5.54. The minimum absolute atomic E-state index is 0.0666. The molecule has 2 aromatic rings. The molecule has 1 N–H and O–H groups in total. The molecule has 2 aromatic carbocycles. The van der Waals surface area contributed by atoms with Crippen molar-refractivity contribution in [3.05, 3.63) is 52.6 Å². The minimum Gasteiger partial charge on any atom is -0.493 e. The number of hydrogen-bond acceptors (Lipinski definition) is 4. The largest absolute Gasteiger partial charge is 0.493 e. The van der Waals surface area contributed by atoms with E-state index in [-0.39, 0.29) is 17.9 Å². The maximum Gasteiger partial charge on any atom is 0.339 e. The number of rotatable bonds is 7. The third-order valence-corrected chi connectivity index (χ3v) is 3.78. The lowest BCUT2D eigenvalue weighted by atomic mass is 10.1. The van der Waals surface area contributed by atoms with Crippen LogP contribution in [0.3, 0.4) is 0 Å². The van der Waals surface area contributed by atoms with Gasteiger partial charge < -0.3 is 19.3 Å². The van der Waals surface area contributed by atoms with Crippen LogP contribution in [0, 0.1) is 20.8 Å². The van der Waals surface area contributed by atoms with Gasteiger partial charge in [0.1, 0.15) is 24.5 Å². The van der Waals surface area contributed by atoms with E-state index in [0.717, 1.165) is 16.9 Å². The molecule has 0 atom stereocenters. The Morgan fingerprint density at radius 2 is 1.75 bits per heavy atom. The van der Waals surface area contributed by atoms with E-state index in [1.807, 2.05) is 26.8 Å². The smallest absolute Gasteiger partial charge is 0.339 e. The van der Waals surface area contributed by atoms with E-state index in [1.54, 1.807) is 12.1 Å². The van der Waals surface area contributed by atoms with Crippen molar-refractivity contribution in [1.29, 1.82) is 0 Å². The van der Waals surface area contributed by atoms with Gasteiger partial charge in [0.15, 0.2) is 11.5 Å². The fourth-order valence-electron chi connectivity index (χ4n) is 2.44. The van der Waals surface area contributed by atoms with E-state index >= 15 is 0 Å². The molecule has 0 bridgehead atoms. The molecule has 0 aliphatic rings. The van der Waals surface area contributed by atoms with Gasteiger partial charge >= 0.3 is 5.97 Å². The highest BCUT2D eigenvalue weighted by atomic mass is 16.5. The molecular formula is C19H22O5. The maximum atomic E-state index is 11.3. The van der Waals surface area contributed by atoms with Crippen LogP contribution in [0.15, 0.2) is 30.3 Å². The monoisotopic (exact) mass is 330 g/mol. The first kappa shape index (κ1) is 17.7. The SMILES string of the molecule is COc1cccc(C(=O)O)c1OCCOc1cc(C)cc(C)c1C. The first-order chi connectivity index (χ1) is 11.4. The standard InChI is InChI=1S/C19H22O5/c1-12-10-13(2)14(3)17(11-12)23-8-9-24-18-15(19(20)21)6-5-7-16(18)22-4/h5-7,10-11H,8-9H2,1-4H3,(H,20,21). The molecule has 2 rings (SSSR count). The molecule has 0 saturated carbocycles. The molecule has 0 unspecified atom stereocenters. The Bertz CT molecular complexity index is 737. The lowest BCUT2D eigenvalue weighted by Gasteiger charge is -2.15. The Labute approximate surface area is 141 Å². The van der Waals surface area contributed by atoms with E-state index < -0.39 is 5.97 Å². The molecule has 24 heavy (non-hydrogen) atoms. The zero-order valence-corrected chi connectivity index (χ0v) is 14.4. The molecule has 0 radical (unpaired) electrons. The topological polar surface area (TPSA) is 65.0 Å². The van der Waals surface area contributed by atoms with Gasteiger partial charge in [0.05, 0.1) is 7.11 Å². The summed E-state index contributed by atoms with van der Waals surface area (Å²) in [5, 5.41) is 9.25. The number of carbonyl (C=O) groups is 1. The summed E-state index contributed by atoms with van der Waals surface area (Å²) in [6, 6.07) is 8.84. The first-order valence-electron chi connectivity index (χ1n) is 7.67. The highest BCUT2D eigenvalue weighted by Gasteiger charge is 2.16. The third kappa shape index (κ3) is 3.98. The molecule has 0 saturated heterocycles. The van der Waals surface area contributed by atoms with Gasteiger partial charge in [-0.05, 0) is 55.7 Å². The lowest BCUT2D eigenvalue weighted by Crippen LogP contribution is -2.12. The second-order valence-corrected chi connectivity index (χ2v) is 5.54. The predicted octanol–water partition coefficient (Wildman–Crippen LogP) is 3.78. The summed E-state index contributed by atoms with van der Waals surface area (Å²) in [5.41, 5.74) is 3.46. The van der Waals surface area contributed by atoms with Crippen LogP contribution < -0.4 is 14.2 Å². The summed E-state index contributed by atoms with van der Waals surface area (Å²) in [6.45, 7) is 6.59. The molecule has 0 fully saturated rings. The number of para-hydroxylation sites is 1. The Morgan fingerprint density at radius 3 is 2.42 bits per heavy atom. The van der Waals surface area contributed by atoms with E-state index in [2.05, 4.69) is 6.07 Å². The maximum absolute atomic E-state index is 11.3. The van der Waals surface area contributed by atoms with Crippen LogP contribution in [0.25, 0.3) is 0 Å². The number of ether oxygens (including phenoxy) is 3. The predicted molar refractivity (Wildman–Crippen MR) is 91.6 cm³/mol. The second kappa shape index (κ2) is 7.73. The van der Waals surface area contributed by atoms with E-state index in [0.29, 0.717) is 12.4 Å². The van der Waals surface area contributed by atoms with E-state index in [9.17, 15) is 9.90 Å². The summed E-state index contributed by atoms with van der Waals surface area (Å²) in [4.78, 5) is 11.3. The summed E-state index contributed by atoms with van der Waals surface area (Å²) in [6.07, 6.45) is 0. The van der Waals surface area contributed by atoms with Crippen molar-refractivity contribution in [2.45, 2.75) is 20.8 Å². The molecule has 5 heteroatoms. The summed E-state index contributed by atoms with van der Waals surface area (Å²) >= 11 is 0. The van der Waals surface area contributed by atoms with Crippen LogP contribution in [-0.4, -0.2) is 31.4 Å². The molecule has 128 valence electrons. The minimum atomic E-state index is -1.06. The van der Waals surface area contributed by atoms with Gasteiger partial charge in [-0.3, -0.25) is 0 Å². The van der Waals surface area contributed by atoms with E-state index in [1.165, 1.54) is 18.7 Å². The number of aryl methyl sites for hydroxylation is 2. The Kier molecular flexibility index (Phi) is 5.68. The third-order valence-electron chi connectivity index (χ3n) is 3.78. The first-order valence-corrected chi connectivity index (χ1v) is 7.67. The van der Waals surface area contributed by atoms with E-state index in [4.69, 9.17) is 14.2 Å². The van der Waals surface area contributed by atoms with Crippen molar-refractivity contribution in [3.8, 4) is 17.2 Å². The Balaban J connectivity index is 2.04. The van der Waals surface area contributed by atoms with Gasteiger partial charge in [-0.1, -0.05) is 12.1 Å². The number of carboxylic acids is 1. The van der Waals surface area contributed by atoms with Crippen LogP contribution in [0.1, 0.15) is 27.0 Å². The zero-order chi connectivity index (χ0) is 17.7. The van der Waals surface area contributed by atoms with Gasteiger partial charge in [-0.2, -0.15) is 0 Å². The quantitative estimate of drug-likeness (QED) is 0.783. The lowest BCUT2D eigenvalue weighted by molar-refractivity contribution is 0.0690. The number of methoxy groups -OCH3 is 1. The van der Waals surface area contributed by atoms with Crippen molar-refractivity contribution in [2.75, 3.05) is 20.3 Å². The summed E-state index contributed by atoms with van der Waals surface area (Å²) < 4.78 is 16.6. The molecule has 0 heterocycles. The van der Waals surface area contributed by atoms with Crippen molar-refractivity contribution in [1.82, 2.24) is 0 Å². The van der Waals surface area contributed by atoms with Crippen molar-refractivity contribution < 1.29 is 24.1 Å². The van der Waals surface area contributed by atoms with Crippen LogP contribution in [0.2, 0.25) is 0 Å². The summed E-state index contributed by atoms with van der Waals surface area (Å²) in [7, 11) is 1.48. The number of carboxylic acid groups (broad SMARTS) is 1. The summed E-state index contributed by atoms with van der Waals surface area (Å²) in [5.74, 6) is 0.357. The Morgan fingerprint density at radius 1 is 1.04 bits per heavy atom. The fourth-order valence-corrected chi connectivity index (χ4v) is 2.44. The van der Waals surface area contributed by atoms with Gasteiger partial charge in [0.2, 0.25) is 0 Å². The van der Waals surface area contributed by atoms with Crippen molar-refractivity contribution >= 4 is 5.97 Å². The molecule has 0 spiro atoms. The van der Waals surface area contributed by atoms with Crippen molar-refractivity contribution in [3.63, 3.8) is 0 Å². The Hall–Kier alpha value is -2.69. The molecular weight excluding hydrogens is 308 g/mol.